The minimum atomic E-state index is -0.444. The van der Waals surface area contributed by atoms with Crippen LogP contribution in [0.2, 0.25) is 0 Å². The van der Waals surface area contributed by atoms with E-state index >= 15 is 0 Å². The molecule has 0 fully saturated rings. The molecule has 1 aromatic carbocycles. The van der Waals surface area contributed by atoms with Gasteiger partial charge in [-0.1, -0.05) is 6.07 Å². The topological polar surface area (TPSA) is 104 Å². The van der Waals surface area contributed by atoms with Gasteiger partial charge in [0.1, 0.15) is 0 Å². The standard InChI is InChI=1S/C10H12BrN3O3/c11-6-2-1-3-7(10(6)17)14-9(16)5-13-8(15)4-12/h1-3,17H,4-5,12H2,(H,13,15)(H,14,16). The number of nitrogens with one attached hydrogen (secondary N) is 2. The molecular formula is C10H12BrN3O3. The number of nitrogens with two attached hydrogens (primary N) is 1. The number of carbonyl (C=O) groups excluding carboxylic acids is 2. The zero-order chi connectivity index (χ0) is 12.8. The summed E-state index contributed by atoms with van der Waals surface area (Å²) in [6, 6.07) is 4.85. The Morgan fingerprint density at radius 3 is 2.71 bits per heavy atom. The van der Waals surface area contributed by atoms with Gasteiger partial charge in [-0.3, -0.25) is 9.59 Å². The number of carbonyl (C=O) groups is 2. The summed E-state index contributed by atoms with van der Waals surface area (Å²) < 4.78 is 0.473. The van der Waals surface area contributed by atoms with Crippen molar-refractivity contribution in [3.8, 4) is 5.75 Å². The van der Waals surface area contributed by atoms with Crippen LogP contribution in [-0.4, -0.2) is 30.0 Å². The number of amides is 2. The summed E-state index contributed by atoms with van der Waals surface area (Å²) in [5.41, 5.74) is 5.33. The largest absolute Gasteiger partial charge is 0.505 e. The molecule has 0 atom stereocenters. The van der Waals surface area contributed by atoms with Gasteiger partial charge in [0.05, 0.1) is 23.2 Å². The number of anilines is 1. The van der Waals surface area contributed by atoms with E-state index < -0.39 is 11.8 Å². The lowest BCUT2D eigenvalue weighted by molar-refractivity contribution is -0.123. The van der Waals surface area contributed by atoms with Crippen molar-refractivity contribution in [1.29, 1.82) is 0 Å². The average molecular weight is 302 g/mol. The fraction of sp³-hybridized carbons (Fsp3) is 0.200. The maximum Gasteiger partial charge on any atom is 0.243 e. The van der Waals surface area contributed by atoms with Gasteiger partial charge in [0.25, 0.3) is 0 Å². The van der Waals surface area contributed by atoms with Crippen molar-refractivity contribution in [3.63, 3.8) is 0 Å². The van der Waals surface area contributed by atoms with E-state index in [1.807, 2.05) is 0 Å². The maximum atomic E-state index is 11.4. The van der Waals surface area contributed by atoms with Crippen molar-refractivity contribution in [2.45, 2.75) is 0 Å². The number of rotatable bonds is 4. The molecule has 0 bridgehead atoms. The van der Waals surface area contributed by atoms with E-state index in [2.05, 4.69) is 26.6 Å². The van der Waals surface area contributed by atoms with Crippen LogP contribution in [0.1, 0.15) is 0 Å². The molecular weight excluding hydrogens is 290 g/mol. The van der Waals surface area contributed by atoms with Gasteiger partial charge in [0.15, 0.2) is 5.75 Å². The Kier molecular flexibility index (Phi) is 4.92. The first-order valence-electron chi connectivity index (χ1n) is 4.78. The van der Waals surface area contributed by atoms with Gasteiger partial charge in [0, 0.05) is 0 Å². The van der Waals surface area contributed by atoms with Crippen LogP contribution >= 0.6 is 15.9 Å². The summed E-state index contributed by atoms with van der Waals surface area (Å²) in [5, 5.41) is 14.4. The van der Waals surface area contributed by atoms with Gasteiger partial charge < -0.3 is 21.5 Å². The number of phenols is 1. The van der Waals surface area contributed by atoms with Gasteiger partial charge in [-0.2, -0.15) is 0 Å². The van der Waals surface area contributed by atoms with Crippen molar-refractivity contribution in [2.24, 2.45) is 5.73 Å². The first-order valence-corrected chi connectivity index (χ1v) is 5.58. The molecule has 7 heteroatoms. The summed E-state index contributed by atoms with van der Waals surface area (Å²) in [4.78, 5) is 22.2. The van der Waals surface area contributed by atoms with Gasteiger partial charge >= 0.3 is 0 Å². The van der Waals surface area contributed by atoms with Crippen LogP contribution in [0, 0.1) is 0 Å². The van der Waals surface area contributed by atoms with Crippen LogP contribution in [0.4, 0.5) is 5.69 Å². The van der Waals surface area contributed by atoms with Gasteiger partial charge in [-0.15, -0.1) is 0 Å². The second kappa shape index (κ2) is 6.21. The molecule has 0 aliphatic heterocycles. The number of hydrogen-bond donors (Lipinski definition) is 4. The highest BCUT2D eigenvalue weighted by Gasteiger charge is 2.09. The van der Waals surface area contributed by atoms with Crippen molar-refractivity contribution in [2.75, 3.05) is 18.4 Å². The minimum Gasteiger partial charge on any atom is -0.505 e. The highest BCUT2D eigenvalue weighted by atomic mass is 79.9. The molecule has 6 nitrogen and oxygen atoms in total. The highest BCUT2D eigenvalue weighted by Crippen LogP contribution is 2.31. The summed E-state index contributed by atoms with van der Waals surface area (Å²) in [5.74, 6) is -0.926. The molecule has 0 unspecified atom stereocenters. The van der Waals surface area contributed by atoms with Crippen molar-refractivity contribution in [3.05, 3.63) is 22.7 Å². The summed E-state index contributed by atoms with van der Waals surface area (Å²) in [7, 11) is 0. The first kappa shape index (κ1) is 13.5. The third-order valence-corrected chi connectivity index (χ3v) is 2.53. The Balaban J connectivity index is 2.56. The molecule has 1 rings (SSSR count). The van der Waals surface area contributed by atoms with Gasteiger partial charge in [-0.25, -0.2) is 0 Å². The molecule has 17 heavy (non-hydrogen) atoms. The smallest absolute Gasteiger partial charge is 0.243 e. The van der Waals surface area contributed by atoms with E-state index in [9.17, 15) is 14.7 Å². The van der Waals surface area contributed by atoms with Crippen molar-refractivity contribution in [1.82, 2.24) is 5.32 Å². The Bertz CT molecular complexity index is 437. The van der Waals surface area contributed by atoms with E-state index in [1.165, 1.54) is 0 Å². The van der Waals surface area contributed by atoms with Crippen LogP contribution in [0.3, 0.4) is 0 Å². The molecule has 0 saturated carbocycles. The van der Waals surface area contributed by atoms with E-state index in [0.717, 1.165) is 0 Å². The number of halogens is 1. The summed E-state index contributed by atoms with van der Waals surface area (Å²) in [6.07, 6.45) is 0. The summed E-state index contributed by atoms with van der Waals surface area (Å²) in [6.45, 7) is -0.364. The van der Waals surface area contributed by atoms with Crippen molar-refractivity contribution < 1.29 is 14.7 Å². The lowest BCUT2D eigenvalue weighted by Gasteiger charge is -2.08. The Labute approximate surface area is 106 Å². The van der Waals surface area contributed by atoms with Gasteiger partial charge in [-0.05, 0) is 28.1 Å². The number of benzene rings is 1. The van der Waals surface area contributed by atoms with Crippen LogP contribution in [0.5, 0.6) is 5.75 Å². The fourth-order valence-corrected chi connectivity index (χ4v) is 1.43. The Morgan fingerprint density at radius 1 is 1.35 bits per heavy atom. The molecule has 0 aromatic heterocycles. The number of phenolic OH excluding ortho intramolecular Hbond substituents is 1. The third-order valence-electron chi connectivity index (χ3n) is 1.89. The highest BCUT2D eigenvalue weighted by molar-refractivity contribution is 9.10. The quantitative estimate of drug-likeness (QED) is 0.595. The van der Waals surface area contributed by atoms with Crippen LogP contribution in [0.15, 0.2) is 22.7 Å². The normalized spacial score (nSPS) is 9.76. The first-order chi connectivity index (χ1) is 8.04. The van der Waals surface area contributed by atoms with E-state index in [0.29, 0.717) is 4.47 Å². The predicted molar refractivity (Wildman–Crippen MR) is 66.5 cm³/mol. The maximum absolute atomic E-state index is 11.4. The molecule has 1 aromatic rings. The van der Waals surface area contributed by atoms with Crippen LogP contribution in [0.25, 0.3) is 0 Å². The summed E-state index contributed by atoms with van der Waals surface area (Å²) >= 11 is 3.12. The van der Waals surface area contributed by atoms with Gasteiger partial charge in [0.2, 0.25) is 11.8 Å². The molecule has 0 spiro atoms. The number of para-hydroxylation sites is 1. The zero-order valence-electron chi connectivity index (χ0n) is 8.87. The molecule has 0 heterocycles. The van der Waals surface area contributed by atoms with E-state index in [4.69, 9.17) is 5.73 Å². The minimum absolute atomic E-state index is 0.0639. The second-order valence-corrected chi connectivity index (χ2v) is 4.02. The Hall–Kier alpha value is -1.60. The number of hydrogen-bond acceptors (Lipinski definition) is 4. The molecule has 5 N–H and O–H groups in total. The molecule has 0 aliphatic rings. The van der Waals surface area contributed by atoms with E-state index in [1.54, 1.807) is 18.2 Å². The molecule has 92 valence electrons. The predicted octanol–water partition coefficient (Wildman–Crippen LogP) is 0.168. The average Bonchev–Trinajstić information content (AvgIpc) is 2.32. The molecule has 0 aliphatic carbocycles. The lowest BCUT2D eigenvalue weighted by Crippen LogP contribution is -2.36. The SMILES string of the molecule is NCC(=O)NCC(=O)Nc1cccc(Br)c1O. The van der Waals surface area contributed by atoms with Crippen LogP contribution < -0.4 is 16.4 Å². The fourth-order valence-electron chi connectivity index (χ4n) is 1.06. The number of aromatic hydroxyl groups is 1. The molecule has 0 saturated heterocycles. The second-order valence-electron chi connectivity index (χ2n) is 3.17. The molecule has 0 radical (unpaired) electrons. The third kappa shape index (κ3) is 4.04. The van der Waals surface area contributed by atoms with Crippen LogP contribution in [-0.2, 0) is 9.59 Å². The van der Waals surface area contributed by atoms with Crippen molar-refractivity contribution >= 4 is 33.4 Å². The monoisotopic (exact) mass is 301 g/mol. The lowest BCUT2D eigenvalue weighted by atomic mass is 10.3. The van der Waals surface area contributed by atoms with E-state index in [-0.39, 0.29) is 24.5 Å². The molecule has 2 amide bonds. The Morgan fingerprint density at radius 2 is 2.06 bits per heavy atom. The zero-order valence-corrected chi connectivity index (χ0v) is 10.5.